The van der Waals surface area contributed by atoms with Crippen LogP contribution < -0.4 is 20.4 Å². The van der Waals surface area contributed by atoms with Gasteiger partial charge in [-0.05, 0) is 0 Å². The molecule has 0 fully saturated rings. The summed E-state index contributed by atoms with van der Waals surface area (Å²) in [5.41, 5.74) is 0. The van der Waals surface area contributed by atoms with Crippen LogP contribution in [0.2, 0.25) is 0 Å². The first-order valence-electron chi connectivity index (χ1n) is 4.90. The predicted octanol–water partition coefficient (Wildman–Crippen LogP) is -2.81. The van der Waals surface area contributed by atoms with Crippen molar-refractivity contribution >= 4 is 23.9 Å². The molecular formula is C8F12O8Rh2. The molecule has 0 aliphatic rings. The molecule has 0 bridgehead atoms. The Hall–Kier alpha value is -1.71. The predicted molar refractivity (Wildman–Crippen MR) is 44.2 cm³/mol. The smallest absolute Gasteiger partial charge is 0.542 e. The Morgan fingerprint density at radius 2 is 0.400 bits per heavy atom. The average molecular weight is 658 g/mol. The molecule has 0 aromatic rings. The van der Waals surface area contributed by atoms with Gasteiger partial charge in [0.05, 0.1) is 0 Å². The molecule has 0 heterocycles. The average Bonchev–Trinajstić information content (AvgIpc) is 2.35. The Labute approximate surface area is 180 Å². The van der Waals surface area contributed by atoms with Gasteiger partial charge in [0.2, 0.25) is 0 Å². The molecular weight excluding hydrogens is 658 g/mol. The molecule has 0 aliphatic carbocycles. The van der Waals surface area contributed by atoms with Crippen molar-refractivity contribution in [2.45, 2.75) is 24.7 Å². The van der Waals surface area contributed by atoms with Crippen molar-refractivity contribution in [3.63, 3.8) is 0 Å². The van der Waals surface area contributed by atoms with Crippen LogP contribution in [0.25, 0.3) is 0 Å². The molecule has 0 rings (SSSR count). The Morgan fingerprint density at radius 3 is 0.400 bits per heavy atom. The first-order chi connectivity index (χ1) is 11.8. The molecule has 0 aromatic carbocycles. The minimum Gasteiger partial charge on any atom is -0.542 e. The van der Waals surface area contributed by atoms with E-state index in [9.17, 15) is 52.7 Å². The maximum absolute atomic E-state index is 10.5. The SMILES string of the molecule is O=C([O-])C(F)(F)F.O=C([O-])C(F)(F)F.O=C([O-])C(F)(F)F.O=C([O-])C(F)(F)F.[Rh+2].[Rh+2]. The molecule has 0 N–H and O–H groups in total. The van der Waals surface area contributed by atoms with Crippen molar-refractivity contribution in [1.82, 2.24) is 0 Å². The van der Waals surface area contributed by atoms with Crippen LogP contribution in [-0.2, 0) is 58.1 Å². The number of carboxylic acid groups (broad SMARTS) is 4. The van der Waals surface area contributed by atoms with E-state index in [0.29, 0.717) is 0 Å². The van der Waals surface area contributed by atoms with E-state index in [0.717, 1.165) is 0 Å². The Balaban J connectivity index is -0.0000000626. The van der Waals surface area contributed by atoms with Gasteiger partial charge in [0.1, 0.15) is 23.9 Å². The third-order valence-corrected chi connectivity index (χ3v) is 0.926. The zero-order valence-electron chi connectivity index (χ0n) is 12.5. The van der Waals surface area contributed by atoms with Crippen LogP contribution >= 0.6 is 0 Å². The Kier molecular flexibility index (Phi) is 22.7. The Morgan fingerprint density at radius 1 is 0.367 bits per heavy atom. The Bertz CT molecular complexity index is 440. The van der Waals surface area contributed by atoms with Crippen LogP contribution in [-0.4, -0.2) is 48.6 Å². The van der Waals surface area contributed by atoms with Gasteiger partial charge in [-0.1, -0.05) is 0 Å². The van der Waals surface area contributed by atoms with E-state index in [4.69, 9.17) is 39.6 Å². The first-order valence-corrected chi connectivity index (χ1v) is 4.90. The summed E-state index contributed by atoms with van der Waals surface area (Å²) in [6, 6.07) is 0. The summed E-state index contributed by atoms with van der Waals surface area (Å²) in [7, 11) is 0. The van der Waals surface area contributed by atoms with E-state index >= 15 is 0 Å². The molecule has 8 nitrogen and oxygen atoms in total. The van der Waals surface area contributed by atoms with E-state index in [1.807, 2.05) is 0 Å². The van der Waals surface area contributed by atoms with E-state index in [-0.39, 0.29) is 39.0 Å². The van der Waals surface area contributed by atoms with Gasteiger partial charge in [-0.3, -0.25) is 0 Å². The fraction of sp³-hybridized carbons (Fsp3) is 0.500. The minimum atomic E-state index is -5.19. The summed E-state index contributed by atoms with van der Waals surface area (Å²) < 4.78 is 126. The third kappa shape index (κ3) is 33.8. The maximum Gasteiger partial charge on any atom is 2.00 e. The van der Waals surface area contributed by atoms with Gasteiger partial charge in [-0.15, -0.1) is 0 Å². The molecule has 2 radical (unpaired) electrons. The van der Waals surface area contributed by atoms with Gasteiger partial charge in [0.15, 0.2) is 0 Å². The van der Waals surface area contributed by atoms with Crippen molar-refractivity contribution in [3.8, 4) is 0 Å². The first kappa shape index (κ1) is 42.4. The van der Waals surface area contributed by atoms with E-state index in [2.05, 4.69) is 0 Å². The van der Waals surface area contributed by atoms with Crippen LogP contribution in [0, 0.1) is 0 Å². The summed E-state index contributed by atoms with van der Waals surface area (Å²) in [5, 5.41) is 35.1. The van der Waals surface area contributed by atoms with Crippen molar-refractivity contribution in [2.24, 2.45) is 0 Å². The maximum atomic E-state index is 10.5. The number of alkyl halides is 12. The van der Waals surface area contributed by atoms with Crippen molar-refractivity contribution in [3.05, 3.63) is 0 Å². The normalized spacial score (nSPS) is 10.5. The summed E-state index contributed by atoms with van der Waals surface area (Å²) in [6.07, 6.45) is -20.8. The second kappa shape index (κ2) is 16.0. The largest absolute Gasteiger partial charge is 2.00 e. The molecule has 22 heteroatoms. The topological polar surface area (TPSA) is 161 Å². The van der Waals surface area contributed by atoms with Crippen molar-refractivity contribution in [2.75, 3.05) is 0 Å². The molecule has 0 atom stereocenters. The van der Waals surface area contributed by atoms with E-state index in [1.54, 1.807) is 0 Å². The molecule has 0 aromatic heterocycles. The number of hydrogen-bond acceptors (Lipinski definition) is 8. The number of hydrogen-bond donors (Lipinski definition) is 0. The monoisotopic (exact) mass is 658 g/mol. The fourth-order valence-corrected chi connectivity index (χ4v) is 0. The van der Waals surface area contributed by atoms with Gasteiger partial charge >= 0.3 is 63.7 Å². The van der Waals surface area contributed by atoms with Crippen molar-refractivity contribution < 1.29 is 131 Å². The summed E-state index contributed by atoms with van der Waals surface area (Å²) in [5.74, 6) is -12.0. The molecule has 0 saturated heterocycles. The minimum absolute atomic E-state index is 0. The van der Waals surface area contributed by atoms with Gasteiger partial charge in [0, 0.05) is 0 Å². The van der Waals surface area contributed by atoms with Crippen LogP contribution in [0.5, 0.6) is 0 Å². The van der Waals surface area contributed by atoms with Gasteiger partial charge in [-0.25, -0.2) is 0 Å². The second-order valence-corrected chi connectivity index (χ2v) is 3.14. The summed E-state index contributed by atoms with van der Waals surface area (Å²) in [4.78, 5) is 35.1. The molecule has 0 unspecified atom stereocenters. The zero-order chi connectivity index (χ0) is 24.3. The fourth-order valence-electron chi connectivity index (χ4n) is 0. The van der Waals surface area contributed by atoms with Crippen LogP contribution in [0.15, 0.2) is 0 Å². The number of rotatable bonds is 0. The molecule has 0 amide bonds. The number of carbonyl (C=O) groups excluding carboxylic acids is 4. The summed E-state index contributed by atoms with van der Waals surface area (Å²) in [6.45, 7) is 0. The molecule has 0 aliphatic heterocycles. The van der Waals surface area contributed by atoms with Crippen LogP contribution in [0.3, 0.4) is 0 Å². The molecule has 0 spiro atoms. The van der Waals surface area contributed by atoms with Gasteiger partial charge in [-0.2, -0.15) is 52.7 Å². The second-order valence-electron chi connectivity index (χ2n) is 3.14. The third-order valence-electron chi connectivity index (χ3n) is 0.926. The molecule has 30 heavy (non-hydrogen) atoms. The van der Waals surface area contributed by atoms with Gasteiger partial charge < -0.3 is 39.6 Å². The number of carbonyl (C=O) groups is 4. The number of aliphatic carboxylic acids is 4. The standard InChI is InChI=1S/4C2HF3O2.2Rh/c4*3-2(4,5)1(6)7;;/h4*(H,6,7);;/q;;;;2*+2/p-4. The van der Waals surface area contributed by atoms with Gasteiger partial charge in [0.25, 0.3) is 0 Å². The number of halogens is 12. The van der Waals surface area contributed by atoms with Crippen LogP contribution in [0.4, 0.5) is 52.7 Å². The van der Waals surface area contributed by atoms with Crippen molar-refractivity contribution in [1.29, 1.82) is 0 Å². The van der Waals surface area contributed by atoms with Crippen LogP contribution in [0.1, 0.15) is 0 Å². The zero-order valence-corrected chi connectivity index (χ0v) is 15.7. The number of carboxylic acids is 4. The van der Waals surface area contributed by atoms with E-state index < -0.39 is 48.6 Å². The molecule has 182 valence electrons. The molecule has 0 saturated carbocycles. The summed E-state index contributed by atoms with van der Waals surface area (Å²) >= 11 is 0. The van der Waals surface area contributed by atoms with E-state index in [1.165, 1.54) is 0 Å². The quantitative estimate of drug-likeness (QED) is 0.199.